The number of fused-ring (bicyclic) bond motifs is 1. The van der Waals surface area contributed by atoms with Gasteiger partial charge in [0.15, 0.2) is 0 Å². The summed E-state index contributed by atoms with van der Waals surface area (Å²) in [6.07, 6.45) is -8.39. The molecule has 33 heavy (non-hydrogen) atoms. The van der Waals surface area contributed by atoms with Crippen molar-refractivity contribution in [3.63, 3.8) is 0 Å². The molecule has 0 bridgehead atoms. The fourth-order valence-electron chi connectivity index (χ4n) is 3.02. The summed E-state index contributed by atoms with van der Waals surface area (Å²) in [6.45, 7) is 1.60. The lowest BCUT2D eigenvalue weighted by atomic mass is 10.0. The van der Waals surface area contributed by atoms with Crippen LogP contribution in [0.25, 0.3) is 10.8 Å². The van der Waals surface area contributed by atoms with Crippen LogP contribution in [0.3, 0.4) is 0 Å². The van der Waals surface area contributed by atoms with E-state index in [-0.39, 0.29) is 11.3 Å². The van der Waals surface area contributed by atoms with Gasteiger partial charge in [-0.2, -0.15) is 21.6 Å². The Morgan fingerprint density at radius 1 is 0.970 bits per heavy atom. The second kappa shape index (κ2) is 9.20. The van der Waals surface area contributed by atoms with Crippen molar-refractivity contribution in [2.45, 2.75) is 19.2 Å². The summed E-state index contributed by atoms with van der Waals surface area (Å²) in [5, 5.41) is 1.31. The number of aryl methyl sites for hydroxylation is 1. The van der Waals surface area contributed by atoms with Gasteiger partial charge in [0.05, 0.1) is 5.56 Å². The molecule has 0 aliphatic carbocycles. The van der Waals surface area contributed by atoms with E-state index in [0.29, 0.717) is 10.9 Å². The second-order valence-electron chi connectivity index (χ2n) is 7.10. The number of hydrogen-bond donors (Lipinski definition) is 1. The first-order valence-corrected chi connectivity index (χ1v) is 11.0. The van der Waals surface area contributed by atoms with E-state index >= 15 is 0 Å². The summed E-state index contributed by atoms with van der Waals surface area (Å²) in [7, 11) is -5.11. The zero-order valence-corrected chi connectivity index (χ0v) is 17.8. The lowest BCUT2D eigenvalue weighted by Crippen LogP contribution is -2.39. The van der Waals surface area contributed by atoms with Crippen LogP contribution >= 0.6 is 0 Å². The fraction of sp³-hybridized carbons (Fsp3) is 0.182. The molecular weight excluding hydrogens is 465 g/mol. The topological polar surface area (TPSA) is 107 Å². The van der Waals surface area contributed by atoms with Gasteiger partial charge in [-0.05, 0) is 41.5 Å². The monoisotopic (exact) mass is 482 g/mol. The number of benzene rings is 3. The molecule has 174 valence electrons. The van der Waals surface area contributed by atoms with Gasteiger partial charge in [0.2, 0.25) is 6.10 Å². The molecule has 11 heteroatoms. The Labute approximate surface area is 186 Å². The molecular formula is C22H17F3O7S. The molecule has 1 unspecified atom stereocenters. The van der Waals surface area contributed by atoms with E-state index in [9.17, 15) is 31.2 Å². The van der Waals surface area contributed by atoms with Gasteiger partial charge >= 0.3 is 18.1 Å². The Hall–Kier alpha value is -3.44. The van der Waals surface area contributed by atoms with Crippen LogP contribution in [0.5, 0.6) is 5.75 Å². The van der Waals surface area contributed by atoms with Gasteiger partial charge in [0.1, 0.15) is 17.1 Å². The van der Waals surface area contributed by atoms with Crippen LogP contribution in [0.2, 0.25) is 0 Å². The first-order valence-electron chi connectivity index (χ1n) is 9.38. The van der Waals surface area contributed by atoms with Gasteiger partial charge < -0.3 is 9.47 Å². The highest BCUT2D eigenvalue weighted by molar-refractivity contribution is 7.85. The second-order valence-corrected chi connectivity index (χ2v) is 8.60. The average Bonchev–Trinajstić information content (AvgIpc) is 2.71. The van der Waals surface area contributed by atoms with Gasteiger partial charge in [-0.25, -0.2) is 9.59 Å². The third kappa shape index (κ3) is 6.08. The summed E-state index contributed by atoms with van der Waals surface area (Å²) in [4.78, 5) is 25.3. The first-order chi connectivity index (χ1) is 15.3. The summed E-state index contributed by atoms with van der Waals surface area (Å²) in [5.41, 5.74) is 0.157. The Morgan fingerprint density at radius 3 is 2.30 bits per heavy atom. The van der Waals surface area contributed by atoms with Crippen LogP contribution in [0, 0.1) is 6.92 Å². The molecule has 0 aliphatic heterocycles. The normalized spacial score (nSPS) is 12.9. The lowest BCUT2D eigenvalue weighted by Gasteiger charge is -2.20. The molecule has 0 amide bonds. The number of carbonyl (C=O) groups excluding carboxylic acids is 2. The largest absolute Gasteiger partial charge is 0.448 e. The van der Waals surface area contributed by atoms with Crippen LogP contribution in [0.4, 0.5) is 13.2 Å². The molecule has 0 heterocycles. The number of alkyl halides is 3. The zero-order chi connectivity index (χ0) is 24.4. The minimum atomic E-state index is -5.27. The molecule has 0 spiro atoms. The van der Waals surface area contributed by atoms with Crippen LogP contribution in [-0.2, 0) is 14.9 Å². The van der Waals surface area contributed by atoms with Gasteiger partial charge in [-0.15, -0.1) is 0 Å². The minimum absolute atomic E-state index is 0.161. The van der Waals surface area contributed by atoms with E-state index in [1.165, 1.54) is 18.2 Å². The van der Waals surface area contributed by atoms with E-state index in [1.54, 1.807) is 43.3 Å². The highest BCUT2D eigenvalue weighted by Crippen LogP contribution is 2.29. The Kier molecular flexibility index (Phi) is 6.75. The SMILES string of the molecule is Cc1ccc(C(=O)OC(CS(=O)(=O)O)C(F)(F)F)c(OC(=O)c2cccc3ccccc23)c1. The Balaban J connectivity index is 1.93. The van der Waals surface area contributed by atoms with E-state index in [1.807, 2.05) is 0 Å². The summed E-state index contributed by atoms with van der Waals surface area (Å²) >= 11 is 0. The van der Waals surface area contributed by atoms with Crippen molar-refractivity contribution in [1.29, 1.82) is 0 Å². The van der Waals surface area contributed by atoms with Crippen molar-refractivity contribution in [3.05, 3.63) is 77.4 Å². The van der Waals surface area contributed by atoms with Crippen molar-refractivity contribution in [2.75, 3.05) is 5.75 Å². The van der Waals surface area contributed by atoms with Gasteiger partial charge in [-0.3, -0.25) is 4.55 Å². The third-order valence-corrected chi connectivity index (χ3v) is 5.27. The molecule has 0 aromatic heterocycles. The number of esters is 2. The van der Waals surface area contributed by atoms with Gasteiger partial charge in [0, 0.05) is 0 Å². The maximum absolute atomic E-state index is 13.1. The van der Waals surface area contributed by atoms with Crippen LogP contribution in [-0.4, -0.2) is 42.9 Å². The molecule has 1 N–H and O–H groups in total. The Morgan fingerprint density at radius 2 is 1.64 bits per heavy atom. The number of carbonyl (C=O) groups is 2. The maximum atomic E-state index is 13.1. The number of hydrogen-bond acceptors (Lipinski definition) is 6. The highest BCUT2D eigenvalue weighted by Gasteiger charge is 2.45. The molecule has 0 radical (unpaired) electrons. The molecule has 1 atom stereocenters. The van der Waals surface area contributed by atoms with E-state index in [2.05, 4.69) is 4.74 Å². The molecule has 7 nitrogen and oxygen atoms in total. The number of halogens is 3. The van der Waals surface area contributed by atoms with Crippen LogP contribution < -0.4 is 4.74 Å². The molecule has 0 aliphatic rings. The van der Waals surface area contributed by atoms with Gasteiger partial charge in [-0.1, -0.05) is 42.5 Å². The molecule has 0 saturated heterocycles. The van der Waals surface area contributed by atoms with E-state index in [4.69, 9.17) is 9.29 Å². The van der Waals surface area contributed by atoms with Crippen LogP contribution in [0.15, 0.2) is 60.7 Å². The zero-order valence-electron chi connectivity index (χ0n) is 17.0. The van der Waals surface area contributed by atoms with Crippen molar-refractivity contribution >= 4 is 32.8 Å². The predicted molar refractivity (Wildman–Crippen MR) is 112 cm³/mol. The smallest absolute Gasteiger partial charge is 0.426 e. The molecule has 0 fully saturated rings. The summed E-state index contributed by atoms with van der Waals surface area (Å²) in [6, 6.07) is 15.5. The van der Waals surface area contributed by atoms with E-state index < -0.39 is 45.7 Å². The standard InChI is InChI=1S/C22H17F3O7S/c1-13-9-10-17(21(27)32-19(22(23,24)25)12-33(28,29)30)18(11-13)31-20(26)16-8-4-6-14-5-2-3-7-15(14)16/h2-11,19H,12H2,1H3,(H,28,29,30). The maximum Gasteiger partial charge on any atom is 0.426 e. The lowest BCUT2D eigenvalue weighted by molar-refractivity contribution is -0.197. The average molecular weight is 482 g/mol. The molecule has 3 rings (SSSR count). The predicted octanol–water partition coefficient (Wildman–Crippen LogP) is 4.34. The molecule has 3 aromatic rings. The quantitative estimate of drug-likeness (QED) is 0.316. The number of ether oxygens (including phenoxy) is 2. The number of rotatable bonds is 6. The minimum Gasteiger partial charge on any atom is -0.448 e. The van der Waals surface area contributed by atoms with Crippen molar-refractivity contribution < 1.29 is 45.2 Å². The van der Waals surface area contributed by atoms with Crippen molar-refractivity contribution in [2.24, 2.45) is 0 Å². The highest BCUT2D eigenvalue weighted by atomic mass is 32.2. The molecule has 3 aromatic carbocycles. The van der Waals surface area contributed by atoms with Gasteiger partial charge in [0.25, 0.3) is 10.1 Å². The summed E-state index contributed by atoms with van der Waals surface area (Å²) < 4.78 is 79.7. The van der Waals surface area contributed by atoms with Crippen LogP contribution in [0.1, 0.15) is 26.3 Å². The Bertz CT molecular complexity index is 1310. The van der Waals surface area contributed by atoms with E-state index in [0.717, 1.165) is 11.5 Å². The van der Waals surface area contributed by atoms with Crippen molar-refractivity contribution in [1.82, 2.24) is 0 Å². The fourth-order valence-corrected chi connectivity index (χ4v) is 3.66. The molecule has 0 saturated carbocycles. The summed E-state index contributed by atoms with van der Waals surface area (Å²) in [5.74, 6) is -4.69. The first kappa shape index (κ1) is 24.2. The van der Waals surface area contributed by atoms with Crippen molar-refractivity contribution in [3.8, 4) is 5.75 Å². The third-order valence-electron chi connectivity index (χ3n) is 4.55.